The van der Waals surface area contributed by atoms with Gasteiger partial charge >= 0.3 is 0 Å². The van der Waals surface area contributed by atoms with Crippen molar-refractivity contribution in [2.75, 3.05) is 4.90 Å². The van der Waals surface area contributed by atoms with E-state index in [1.54, 1.807) is 0 Å². The van der Waals surface area contributed by atoms with E-state index in [0.29, 0.717) is 0 Å². The van der Waals surface area contributed by atoms with E-state index in [1.165, 1.54) is 123 Å². The molecular weight excluding hydrogens is 847 g/mol. The van der Waals surface area contributed by atoms with E-state index in [1.807, 2.05) is 22.7 Å². The molecular formula is C64H39NS2. The highest BCUT2D eigenvalue weighted by Gasteiger charge is 2.21. The molecule has 67 heavy (non-hydrogen) atoms. The van der Waals surface area contributed by atoms with Gasteiger partial charge in [-0.25, -0.2) is 0 Å². The third-order valence-electron chi connectivity index (χ3n) is 13.8. The summed E-state index contributed by atoms with van der Waals surface area (Å²) in [6.45, 7) is 0. The number of nitrogens with zero attached hydrogens (tertiary/aromatic N) is 1. The molecule has 0 fully saturated rings. The number of hydrogen-bond donors (Lipinski definition) is 0. The van der Waals surface area contributed by atoms with Crippen LogP contribution in [0.25, 0.3) is 117 Å². The lowest BCUT2D eigenvalue weighted by Gasteiger charge is -2.27. The van der Waals surface area contributed by atoms with Crippen molar-refractivity contribution >= 4 is 123 Å². The van der Waals surface area contributed by atoms with Gasteiger partial charge in [0, 0.05) is 52.6 Å². The van der Waals surface area contributed by atoms with Gasteiger partial charge in [0.25, 0.3) is 0 Å². The number of rotatable bonds is 6. The molecule has 14 aromatic rings. The van der Waals surface area contributed by atoms with E-state index >= 15 is 0 Å². The Morgan fingerprint density at radius 1 is 0.284 bits per heavy atom. The SMILES string of the molecule is c1cc(-c2cccc(N(c3ccc(-c4cc5ccccc5c5ccccc45)cc3)c3cccc4c3sc3ccc5ccccc5c34)c2)cc(-c2c3ccccc3cc3c2sc2ccccc23)c1. The van der Waals surface area contributed by atoms with Crippen LogP contribution < -0.4 is 4.90 Å². The van der Waals surface area contributed by atoms with Gasteiger partial charge in [-0.3, -0.25) is 0 Å². The topological polar surface area (TPSA) is 3.24 Å². The van der Waals surface area contributed by atoms with Crippen molar-refractivity contribution in [3.63, 3.8) is 0 Å². The molecule has 0 unspecified atom stereocenters. The van der Waals surface area contributed by atoms with Crippen molar-refractivity contribution in [3.8, 4) is 33.4 Å². The van der Waals surface area contributed by atoms with Crippen molar-refractivity contribution in [1.82, 2.24) is 0 Å². The maximum absolute atomic E-state index is 2.47. The van der Waals surface area contributed by atoms with E-state index in [9.17, 15) is 0 Å². The van der Waals surface area contributed by atoms with Gasteiger partial charge in [-0.1, -0.05) is 176 Å². The minimum atomic E-state index is 1.11. The number of benzene rings is 12. The van der Waals surface area contributed by atoms with Crippen LogP contribution >= 0.6 is 22.7 Å². The minimum Gasteiger partial charge on any atom is -0.309 e. The van der Waals surface area contributed by atoms with E-state index in [-0.39, 0.29) is 0 Å². The predicted octanol–water partition coefficient (Wildman–Crippen LogP) is 19.5. The predicted molar refractivity (Wildman–Crippen MR) is 293 cm³/mol. The molecule has 0 amide bonds. The summed E-state index contributed by atoms with van der Waals surface area (Å²) in [5.74, 6) is 0. The molecule has 0 bridgehead atoms. The number of thiophene rings is 2. The zero-order valence-electron chi connectivity index (χ0n) is 36.3. The van der Waals surface area contributed by atoms with Gasteiger partial charge in [0.2, 0.25) is 0 Å². The van der Waals surface area contributed by atoms with Crippen LogP contribution in [0.1, 0.15) is 0 Å². The molecule has 14 rings (SSSR count). The molecule has 3 heteroatoms. The van der Waals surface area contributed by atoms with E-state index in [4.69, 9.17) is 0 Å². The third kappa shape index (κ3) is 6.13. The number of hydrogen-bond acceptors (Lipinski definition) is 3. The molecule has 0 aliphatic carbocycles. The Morgan fingerprint density at radius 2 is 0.896 bits per heavy atom. The highest BCUT2D eigenvalue weighted by molar-refractivity contribution is 7.27. The minimum absolute atomic E-state index is 1.11. The summed E-state index contributed by atoms with van der Waals surface area (Å²) in [4.78, 5) is 2.47. The molecule has 0 N–H and O–H groups in total. The van der Waals surface area contributed by atoms with Crippen LogP contribution in [-0.2, 0) is 0 Å². The van der Waals surface area contributed by atoms with Gasteiger partial charge in [-0.05, 0) is 132 Å². The molecule has 0 spiro atoms. The van der Waals surface area contributed by atoms with Crippen molar-refractivity contribution in [1.29, 1.82) is 0 Å². The first kappa shape index (κ1) is 38.2. The number of fused-ring (bicyclic) bond motifs is 12. The second kappa shape index (κ2) is 15.3. The van der Waals surface area contributed by atoms with Crippen molar-refractivity contribution < 1.29 is 0 Å². The summed E-state index contributed by atoms with van der Waals surface area (Å²) < 4.78 is 5.22. The van der Waals surface area contributed by atoms with Crippen molar-refractivity contribution in [3.05, 3.63) is 237 Å². The standard InChI is InChI=1S/C64H39NS2/c1-5-22-50-40(14-1)32-35-60-62(50)55-27-13-28-58(63(55)67-60)65(47-33-30-41(31-34-47)56-38-44-15-2-4-21-49(44)52-24-7-8-25-53(52)56)48-20-12-18-43(37-48)42-17-11-19-46(36-42)61-51-23-6-3-16-45(51)39-57-54-26-9-10-29-59(54)66-64(57)61/h1-39H. The Kier molecular flexibility index (Phi) is 8.70. The lowest BCUT2D eigenvalue weighted by molar-refractivity contribution is 1.30. The normalized spacial score (nSPS) is 11.9. The second-order valence-corrected chi connectivity index (χ2v) is 19.7. The number of anilines is 3. The molecule has 0 aliphatic rings. The first-order valence-corrected chi connectivity index (χ1v) is 24.5. The first-order valence-electron chi connectivity index (χ1n) is 22.9. The van der Waals surface area contributed by atoms with Crippen LogP contribution in [0, 0.1) is 0 Å². The van der Waals surface area contributed by atoms with E-state index < -0.39 is 0 Å². The molecule has 2 heterocycles. The molecule has 0 radical (unpaired) electrons. The Bertz CT molecular complexity index is 4290. The fourth-order valence-corrected chi connectivity index (χ4v) is 13.2. The third-order valence-corrected chi connectivity index (χ3v) is 16.2. The first-order chi connectivity index (χ1) is 33.2. The molecule has 1 nitrogen and oxygen atoms in total. The smallest absolute Gasteiger partial charge is 0.0640 e. The second-order valence-electron chi connectivity index (χ2n) is 17.6. The van der Waals surface area contributed by atoms with Crippen LogP contribution in [-0.4, -0.2) is 0 Å². The van der Waals surface area contributed by atoms with Gasteiger partial charge in [-0.15, -0.1) is 22.7 Å². The maximum Gasteiger partial charge on any atom is 0.0640 e. The van der Waals surface area contributed by atoms with Crippen LogP contribution in [0.3, 0.4) is 0 Å². The zero-order chi connectivity index (χ0) is 44.0. The summed E-state index contributed by atoms with van der Waals surface area (Å²) in [5, 5.41) is 15.4. The van der Waals surface area contributed by atoms with Crippen molar-refractivity contribution in [2.24, 2.45) is 0 Å². The van der Waals surface area contributed by atoms with Gasteiger partial charge in [-0.2, -0.15) is 0 Å². The Morgan fingerprint density at radius 3 is 1.73 bits per heavy atom. The average molecular weight is 886 g/mol. The summed E-state index contributed by atoms with van der Waals surface area (Å²) in [6.07, 6.45) is 0. The van der Waals surface area contributed by atoms with Gasteiger partial charge in [0.15, 0.2) is 0 Å². The molecule has 0 saturated heterocycles. The summed E-state index contributed by atoms with van der Waals surface area (Å²) >= 11 is 3.78. The van der Waals surface area contributed by atoms with Gasteiger partial charge in [0.1, 0.15) is 0 Å². The Hall–Kier alpha value is -8.08. The fourth-order valence-electron chi connectivity index (χ4n) is 10.7. The summed E-state index contributed by atoms with van der Waals surface area (Å²) in [7, 11) is 0. The molecule has 0 saturated carbocycles. The molecule has 0 atom stereocenters. The maximum atomic E-state index is 2.47. The largest absolute Gasteiger partial charge is 0.309 e. The highest BCUT2D eigenvalue weighted by atomic mass is 32.1. The van der Waals surface area contributed by atoms with Crippen molar-refractivity contribution in [2.45, 2.75) is 0 Å². The van der Waals surface area contributed by atoms with E-state index in [2.05, 4.69) is 241 Å². The molecule has 2 aromatic heterocycles. The quantitative estimate of drug-likeness (QED) is 0.150. The lowest BCUT2D eigenvalue weighted by atomic mass is 9.93. The molecule has 0 aliphatic heterocycles. The molecule has 312 valence electrons. The Balaban J connectivity index is 0.948. The van der Waals surface area contributed by atoms with Crippen LogP contribution in [0.4, 0.5) is 17.1 Å². The van der Waals surface area contributed by atoms with Crippen LogP contribution in [0.2, 0.25) is 0 Å². The lowest BCUT2D eigenvalue weighted by Crippen LogP contribution is -2.10. The highest BCUT2D eigenvalue weighted by Crippen LogP contribution is 2.49. The summed E-state index contributed by atoms with van der Waals surface area (Å²) in [5.41, 5.74) is 10.7. The van der Waals surface area contributed by atoms with E-state index in [0.717, 1.165) is 11.4 Å². The van der Waals surface area contributed by atoms with Gasteiger partial charge in [0.05, 0.1) is 10.4 Å². The monoisotopic (exact) mass is 885 g/mol. The van der Waals surface area contributed by atoms with Crippen LogP contribution in [0.5, 0.6) is 0 Å². The fraction of sp³-hybridized carbons (Fsp3) is 0. The zero-order valence-corrected chi connectivity index (χ0v) is 37.9. The summed E-state index contributed by atoms with van der Waals surface area (Å²) in [6, 6.07) is 87.7. The Labute approximate surface area is 395 Å². The van der Waals surface area contributed by atoms with Gasteiger partial charge < -0.3 is 4.90 Å². The molecule has 12 aromatic carbocycles. The van der Waals surface area contributed by atoms with Crippen LogP contribution in [0.15, 0.2) is 237 Å². The average Bonchev–Trinajstić information content (AvgIpc) is 3.97.